The Morgan fingerprint density at radius 3 is 1.79 bits per heavy atom. The summed E-state index contributed by atoms with van der Waals surface area (Å²) in [5.74, 6) is 0. The molecule has 0 fully saturated rings. The van der Waals surface area contributed by atoms with Gasteiger partial charge in [0.25, 0.3) is 0 Å². The van der Waals surface area contributed by atoms with Gasteiger partial charge in [0, 0.05) is 6.61 Å². The molecule has 0 aliphatic rings. The number of rotatable bonds is 8. The fourth-order valence-electron chi connectivity index (χ4n) is 1.25. The third kappa shape index (κ3) is 22.6. The van der Waals surface area contributed by atoms with Crippen LogP contribution in [0.2, 0.25) is 0 Å². The normalized spacial score (nSPS) is 9.07. The Labute approximate surface area is 90.2 Å². The summed E-state index contributed by atoms with van der Waals surface area (Å²) in [6.07, 6.45) is 13.0. The molecule has 0 saturated heterocycles. The van der Waals surface area contributed by atoms with E-state index in [1.165, 1.54) is 51.4 Å². The van der Waals surface area contributed by atoms with Crippen LogP contribution in [0.15, 0.2) is 12.7 Å². The van der Waals surface area contributed by atoms with Gasteiger partial charge >= 0.3 is 0 Å². The topological polar surface area (TPSA) is 20.2 Å². The quantitative estimate of drug-likeness (QED) is 0.457. The van der Waals surface area contributed by atoms with Gasteiger partial charge in [-0.05, 0) is 19.8 Å². The Balaban J connectivity index is 0. The van der Waals surface area contributed by atoms with E-state index < -0.39 is 0 Å². The van der Waals surface area contributed by atoms with E-state index >= 15 is 0 Å². The fourth-order valence-corrected chi connectivity index (χ4v) is 1.25. The molecule has 0 unspecified atom stereocenters. The first-order valence-corrected chi connectivity index (χ1v) is 6.05. The summed E-state index contributed by atoms with van der Waals surface area (Å²) in [4.78, 5) is 0. The maximum absolute atomic E-state index is 7.57. The number of hydrogen-bond donors (Lipinski definition) is 1. The molecule has 0 saturated carbocycles. The van der Waals surface area contributed by atoms with Crippen molar-refractivity contribution in [3.05, 3.63) is 12.7 Å². The van der Waals surface area contributed by atoms with Gasteiger partial charge in [-0.3, -0.25) is 0 Å². The predicted octanol–water partition coefficient (Wildman–Crippen LogP) is 4.31. The number of hydrogen-bond acceptors (Lipinski definition) is 1. The molecule has 0 aromatic rings. The maximum Gasteiger partial charge on any atom is 0.0402 e. The van der Waals surface area contributed by atoms with E-state index in [0.29, 0.717) is 0 Å². The van der Waals surface area contributed by atoms with E-state index in [1.54, 1.807) is 6.92 Å². The summed E-state index contributed by atoms with van der Waals surface area (Å²) < 4.78 is 0. The third-order valence-corrected chi connectivity index (χ3v) is 2.01. The molecule has 0 heterocycles. The van der Waals surface area contributed by atoms with Crippen LogP contribution in [0, 0.1) is 0 Å². The molecular weight excluding hydrogens is 172 g/mol. The van der Waals surface area contributed by atoms with Crippen molar-refractivity contribution in [2.75, 3.05) is 6.61 Å². The Morgan fingerprint density at radius 1 is 0.929 bits per heavy atom. The van der Waals surface area contributed by atoms with Crippen molar-refractivity contribution in [2.45, 2.75) is 65.2 Å². The van der Waals surface area contributed by atoms with Crippen molar-refractivity contribution in [1.82, 2.24) is 0 Å². The molecule has 1 nitrogen and oxygen atoms in total. The monoisotopic (exact) mass is 200 g/mol. The predicted molar refractivity (Wildman–Crippen MR) is 65.6 cm³/mol. The molecule has 1 heteroatoms. The molecule has 0 radical (unpaired) electrons. The van der Waals surface area contributed by atoms with Crippen LogP contribution >= 0.6 is 0 Å². The molecule has 0 amide bonds. The zero-order valence-electron chi connectivity index (χ0n) is 10.1. The van der Waals surface area contributed by atoms with Crippen LogP contribution < -0.4 is 0 Å². The summed E-state index contributed by atoms with van der Waals surface area (Å²) in [5.41, 5.74) is 0. The summed E-state index contributed by atoms with van der Waals surface area (Å²) in [7, 11) is 0. The van der Waals surface area contributed by atoms with Crippen molar-refractivity contribution in [2.24, 2.45) is 0 Å². The molecule has 0 bridgehead atoms. The van der Waals surface area contributed by atoms with Gasteiger partial charge in [-0.2, -0.15) is 0 Å². The van der Waals surface area contributed by atoms with E-state index in [0.717, 1.165) is 0 Å². The Kier molecular flexibility index (Phi) is 21.3. The van der Waals surface area contributed by atoms with Gasteiger partial charge in [0.2, 0.25) is 0 Å². The van der Waals surface area contributed by atoms with Crippen molar-refractivity contribution >= 4 is 0 Å². The third-order valence-electron chi connectivity index (χ3n) is 2.01. The lowest BCUT2D eigenvalue weighted by molar-refractivity contribution is 0.318. The molecule has 1 N–H and O–H groups in total. The molecule has 14 heavy (non-hydrogen) atoms. The first-order chi connectivity index (χ1) is 6.83. The van der Waals surface area contributed by atoms with Crippen molar-refractivity contribution in [1.29, 1.82) is 0 Å². The van der Waals surface area contributed by atoms with Gasteiger partial charge in [-0.25, -0.2) is 0 Å². The average Bonchev–Trinajstić information content (AvgIpc) is 2.18. The fraction of sp³-hybridized carbons (Fsp3) is 0.846. The highest BCUT2D eigenvalue weighted by Gasteiger charge is 1.88. The highest BCUT2D eigenvalue weighted by atomic mass is 16.2. The van der Waals surface area contributed by atoms with Crippen LogP contribution in [0.25, 0.3) is 0 Å². The van der Waals surface area contributed by atoms with Crippen molar-refractivity contribution < 1.29 is 5.11 Å². The van der Waals surface area contributed by atoms with Crippen LogP contribution in [0.1, 0.15) is 65.2 Å². The number of allylic oxidation sites excluding steroid dienone is 1. The van der Waals surface area contributed by atoms with Crippen molar-refractivity contribution in [3.8, 4) is 0 Å². The molecule has 0 atom stereocenters. The summed E-state index contributed by atoms with van der Waals surface area (Å²) in [6, 6.07) is 0. The molecule has 0 aromatic heterocycles. The highest BCUT2D eigenvalue weighted by Crippen LogP contribution is 2.07. The van der Waals surface area contributed by atoms with E-state index in [-0.39, 0.29) is 6.61 Å². The highest BCUT2D eigenvalue weighted by molar-refractivity contribution is 4.65. The molecule has 0 aliphatic carbocycles. The zero-order chi connectivity index (χ0) is 11.1. The van der Waals surface area contributed by atoms with Gasteiger partial charge in [-0.15, -0.1) is 6.58 Å². The van der Waals surface area contributed by atoms with Gasteiger partial charge < -0.3 is 5.11 Å². The second-order valence-electron chi connectivity index (χ2n) is 3.51. The average molecular weight is 200 g/mol. The van der Waals surface area contributed by atoms with E-state index in [4.69, 9.17) is 5.11 Å². The van der Waals surface area contributed by atoms with Crippen LogP contribution in [0.3, 0.4) is 0 Å². The summed E-state index contributed by atoms with van der Waals surface area (Å²) in [5, 5.41) is 7.57. The van der Waals surface area contributed by atoms with Gasteiger partial charge in [0.05, 0.1) is 0 Å². The van der Waals surface area contributed by atoms with Crippen molar-refractivity contribution in [3.63, 3.8) is 0 Å². The second-order valence-corrected chi connectivity index (χ2v) is 3.51. The Morgan fingerprint density at radius 2 is 1.36 bits per heavy atom. The Bertz CT molecular complexity index is 89.2. The van der Waals surface area contributed by atoms with E-state index in [2.05, 4.69) is 13.5 Å². The molecule has 0 spiro atoms. The van der Waals surface area contributed by atoms with Crippen LogP contribution in [-0.4, -0.2) is 11.7 Å². The summed E-state index contributed by atoms with van der Waals surface area (Å²) in [6.45, 7) is 7.90. The smallest absolute Gasteiger partial charge is 0.0402 e. The minimum Gasteiger partial charge on any atom is -0.397 e. The van der Waals surface area contributed by atoms with E-state index in [9.17, 15) is 0 Å². The first kappa shape index (κ1) is 16.1. The number of aliphatic hydroxyl groups excluding tert-OH is 1. The molecule has 0 rings (SSSR count). The molecule has 86 valence electrons. The zero-order valence-corrected chi connectivity index (χ0v) is 10.1. The van der Waals surface area contributed by atoms with Gasteiger partial charge in [0.1, 0.15) is 0 Å². The minimum atomic E-state index is 0.250. The van der Waals surface area contributed by atoms with Crippen LogP contribution in [0.5, 0.6) is 0 Å². The second kappa shape index (κ2) is 18.5. The number of unbranched alkanes of at least 4 members (excludes halogenated alkanes) is 7. The van der Waals surface area contributed by atoms with E-state index in [1.807, 2.05) is 6.08 Å². The maximum atomic E-state index is 7.57. The molecular formula is C13H28O. The standard InChI is InChI=1S/C11H22.C2H6O/c1-3-5-7-9-11-10-8-6-4-2;1-2-3/h3H,1,4-11H2,2H3;3H,2H2,1H3. The first-order valence-electron chi connectivity index (χ1n) is 6.05. The minimum absolute atomic E-state index is 0.250. The lowest BCUT2D eigenvalue weighted by Crippen LogP contribution is -1.78. The van der Waals surface area contributed by atoms with Crippen LogP contribution in [-0.2, 0) is 0 Å². The van der Waals surface area contributed by atoms with Crippen LogP contribution in [0.4, 0.5) is 0 Å². The summed E-state index contributed by atoms with van der Waals surface area (Å²) >= 11 is 0. The number of aliphatic hydroxyl groups is 1. The molecule has 0 aromatic carbocycles. The largest absolute Gasteiger partial charge is 0.397 e. The molecule has 0 aliphatic heterocycles. The SMILES string of the molecule is C=CCCCCCCCCC.CCO. The van der Waals surface area contributed by atoms with Gasteiger partial charge in [-0.1, -0.05) is 51.5 Å². The lowest BCUT2D eigenvalue weighted by Gasteiger charge is -1.98. The van der Waals surface area contributed by atoms with Gasteiger partial charge in [0.15, 0.2) is 0 Å². The Hall–Kier alpha value is -0.300. The lowest BCUT2D eigenvalue weighted by atomic mass is 10.1.